The first kappa shape index (κ1) is 99.1. The highest BCUT2D eigenvalue weighted by molar-refractivity contribution is 7.47. The van der Waals surface area contributed by atoms with Gasteiger partial charge in [0.25, 0.3) is 0 Å². The quantitative estimate of drug-likeness (QED) is 0.0222. The van der Waals surface area contributed by atoms with Crippen LogP contribution in [0.3, 0.4) is 0 Å². The van der Waals surface area contributed by atoms with E-state index in [-0.39, 0.29) is 25.7 Å². The summed E-state index contributed by atoms with van der Waals surface area (Å²) >= 11 is 0. The molecular formula is C82H160O17P2. The van der Waals surface area contributed by atoms with E-state index in [1.807, 2.05) is 0 Å². The van der Waals surface area contributed by atoms with Crippen LogP contribution in [-0.2, 0) is 65.4 Å². The van der Waals surface area contributed by atoms with Crippen LogP contribution in [0.5, 0.6) is 0 Å². The molecule has 0 radical (unpaired) electrons. The normalized spacial score (nSPS) is 14.5. The summed E-state index contributed by atoms with van der Waals surface area (Å²) in [4.78, 5) is 72.9. The number of esters is 4. The van der Waals surface area contributed by atoms with Crippen molar-refractivity contribution in [2.75, 3.05) is 39.6 Å². The van der Waals surface area contributed by atoms with Crippen LogP contribution in [0.4, 0.5) is 0 Å². The summed E-state index contributed by atoms with van der Waals surface area (Å²) < 4.78 is 68.6. The molecule has 0 amide bonds. The first-order valence-electron chi connectivity index (χ1n) is 42.3. The van der Waals surface area contributed by atoms with Crippen LogP contribution in [0.25, 0.3) is 0 Å². The zero-order chi connectivity index (χ0) is 74.6. The number of rotatable bonds is 79. The number of aliphatic hydroxyl groups excluding tert-OH is 1. The van der Waals surface area contributed by atoms with E-state index in [2.05, 4.69) is 55.4 Å². The Morgan fingerprint density at radius 1 is 0.277 bits per heavy atom. The Morgan fingerprint density at radius 2 is 0.475 bits per heavy atom. The van der Waals surface area contributed by atoms with Crippen LogP contribution in [0.2, 0.25) is 0 Å². The maximum Gasteiger partial charge on any atom is 0.472 e. The molecule has 0 saturated carbocycles. The highest BCUT2D eigenvalue weighted by Gasteiger charge is 2.30. The number of phosphoric acid groups is 2. The van der Waals surface area contributed by atoms with Gasteiger partial charge in [0.2, 0.25) is 0 Å². The molecule has 5 unspecified atom stereocenters. The molecular weight excluding hydrogens is 1320 g/mol. The summed E-state index contributed by atoms with van der Waals surface area (Å²) in [7, 11) is -9.92. The second-order valence-electron chi connectivity index (χ2n) is 31.0. The van der Waals surface area contributed by atoms with E-state index in [1.54, 1.807) is 0 Å². The Morgan fingerprint density at radius 3 is 0.703 bits per heavy atom. The lowest BCUT2D eigenvalue weighted by Gasteiger charge is -2.21. The van der Waals surface area contributed by atoms with Crippen molar-refractivity contribution in [1.82, 2.24) is 0 Å². The predicted molar refractivity (Wildman–Crippen MR) is 414 cm³/mol. The molecule has 0 aromatic carbocycles. The molecule has 600 valence electrons. The molecule has 0 saturated heterocycles. The van der Waals surface area contributed by atoms with Crippen molar-refractivity contribution in [2.45, 2.75) is 440 Å². The van der Waals surface area contributed by atoms with Crippen LogP contribution in [-0.4, -0.2) is 96.7 Å². The lowest BCUT2D eigenvalue weighted by atomic mass is 9.99. The number of phosphoric ester groups is 2. The molecule has 0 heterocycles. The van der Waals surface area contributed by atoms with E-state index < -0.39 is 97.5 Å². The Balaban J connectivity index is 5.18. The van der Waals surface area contributed by atoms with Gasteiger partial charge in [-0.3, -0.25) is 37.3 Å². The number of hydrogen-bond acceptors (Lipinski definition) is 15. The van der Waals surface area contributed by atoms with Crippen LogP contribution in [0.15, 0.2) is 0 Å². The molecule has 19 heteroatoms. The number of hydrogen-bond donors (Lipinski definition) is 3. The second kappa shape index (κ2) is 71.0. The second-order valence-corrected chi connectivity index (χ2v) is 33.9. The Kier molecular flexibility index (Phi) is 69.6. The van der Waals surface area contributed by atoms with Gasteiger partial charge in [-0.1, -0.05) is 370 Å². The summed E-state index contributed by atoms with van der Waals surface area (Å²) in [5, 5.41) is 10.6. The molecule has 101 heavy (non-hydrogen) atoms. The first-order chi connectivity index (χ1) is 48.7. The number of aliphatic hydroxyl groups is 1. The van der Waals surface area contributed by atoms with Gasteiger partial charge in [0.1, 0.15) is 19.3 Å². The third kappa shape index (κ3) is 73.4. The SMILES string of the molecule is CCC(C)CCCCCCCCCCCCCCCCCCCCC(=O)OC[C@H](COP(=O)(O)OCC(O)COP(=O)(O)OC[C@@H](COC(=O)CCCCCCCCCC(C)C)OC(=O)CCCCCCCCC(C)CC)OC(=O)CCCCCCCCCCCCCCCCCCC(C)C. The number of carbonyl (C=O) groups excluding carboxylic acids is 4. The molecule has 0 bridgehead atoms. The summed E-state index contributed by atoms with van der Waals surface area (Å²) in [6, 6.07) is 0. The fourth-order valence-corrected chi connectivity index (χ4v) is 14.1. The number of unbranched alkanes of at least 4 members (excludes halogenated alkanes) is 43. The minimum Gasteiger partial charge on any atom is -0.462 e. The van der Waals surface area contributed by atoms with Crippen LogP contribution >= 0.6 is 15.6 Å². The maximum absolute atomic E-state index is 13.1. The maximum atomic E-state index is 13.1. The Labute approximate surface area is 619 Å². The molecule has 0 aliphatic heterocycles. The summed E-state index contributed by atoms with van der Waals surface area (Å²) in [6.07, 6.45) is 58.6. The van der Waals surface area contributed by atoms with Crippen molar-refractivity contribution in [2.24, 2.45) is 23.7 Å². The highest BCUT2D eigenvalue weighted by atomic mass is 31.2. The van der Waals surface area contributed by atoms with Gasteiger partial charge in [-0.05, 0) is 49.4 Å². The lowest BCUT2D eigenvalue weighted by molar-refractivity contribution is -0.161. The van der Waals surface area contributed by atoms with Gasteiger partial charge >= 0.3 is 39.5 Å². The van der Waals surface area contributed by atoms with Crippen LogP contribution in [0.1, 0.15) is 421 Å². The monoisotopic (exact) mass is 1480 g/mol. The molecule has 7 atom stereocenters. The molecule has 0 spiro atoms. The van der Waals surface area contributed by atoms with Crippen molar-refractivity contribution < 1.29 is 80.2 Å². The van der Waals surface area contributed by atoms with E-state index in [0.29, 0.717) is 31.6 Å². The fourth-order valence-electron chi connectivity index (χ4n) is 12.5. The van der Waals surface area contributed by atoms with Gasteiger partial charge in [0.15, 0.2) is 12.2 Å². The minimum atomic E-state index is -4.96. The van der Waals surface area contributed by atoms with Crippen molar-refractivity contribution in [3.8, 4) is 0 Å². The Bertz CT molecular complexity index is 1980. The van der Waals surface area contributed by atoms with Gasteiger partial charge in [0, 0.05) is 25.7 Å². The summed E-state index contributed by atoms with van der Waals surface area (Å²) in [5.74, 6) is 0.990. The van der Waals surface area contributed by atoms with Gasteiger partial charge in [-0.2, -0.15) is 0 Å². The van der Waals surface area contributed by atoms with Gasteiger partial charge in [-0.15, -0.1) is 0 Å². The van der Waals surface area contributed by atoms with Gasteiger partial charge in [-0.25, -0.2) is 9.13 Å². The summed E-state index contributed by atoms with van der Waals surface area (Å²) in [6.45, 7) is 14.2. The lowest BCUT2D eigenvalue weighted by Crippen LogP contribution is -2.30. The minimum absolute atomic E-state index is 0.102. The van der Waals surface area contributed by atoms with Crippen LogP contribution < -0.4 is 0 Å². The Hall–Kier alpha value is -1.94. The van der Waals surface area contributed by atoms with E-state index in [0.717, 1.165) is 114 Å². The largest absolute Gasteiger partial charge is 0.472 e. The fraction of sp³-hybridized carbons (Fsp3) is 0.951. The standard InChI is InChI=1S/C82H160O17P2/c1-9-74(7)60-52-44-36-30-26-22-18-13-11-12-14-19-23-27-31-37-46-54-62-79(84)92-68-77(98-81(86)64-56-48-38-32-28-24-20-16-15-17-21-25-29-34-42-50-58-72(3)4)70-96-100(88,89)94-66-76(83)67-95-101(90,91)97-71-78(99-82(87)65-57-49-41-40-45-53-61-75(8)10-2)69-93-80(85)63-55-47-39-33-35-43-51-59-73(5)6/h72-78,83H,9-71H2,1-8H3,(H,88,89)(H,90,91)/t74?,75?,76?,77-,78-/m1/s1. The molecule has 0 rings (SSSR count). The molecule has 0 aromatic rings. The summed E-state index contributed by atoms with van der Waals surface area (Å²) in [5.41, 5.74) is 0. The third-order valence-corrected chi connectivity index (χ3v) is 21.7. The smallest absolute Gasteiger partial charge is 0.462 e. The van der Waals surface area contributed by atoms with E-state index in [1.165, 1.54) is 218 Å². The van der Waals surface area contributed by atoms with E-state index in [4.69, 9.17) is 37.0 Å². The van der Waals surface area contributed by atoms with Gasteiger partial charge in [0.05, 0.1) is 26.4 Å². The number of ether oxygens (including phenoxy) is 4. The predicted octanol–water partition coefficient (Wildman–Crippen LogP) is 24.4. The van der Waals surface area contributed by atoms with Crippen molar-refractivity contribution in [3.05, 3.63) is 0 Å². The molecule has 0 aliphatic rings. The zero-order valence-electron chi connectivity index (χ0n) is 66.5. The molecule has 0 aromatic heterocycles. The zero-order valence-corrected chi connectivity index (χ0v) is 68.3. The van der Waals surface area contributed by atoms with Crippen molar-refractivity contribution in [1.29, 1.82) is 0 Å². The third-order valence-electron chi connectivity index (χ3n) is 19.8. The average Bonchev–Trinajstić information content (AvgIpc) is 1.05. The van der Waals surface area contributed by atoms with E-state index in [9.17, 15) is 43.2 Å². The number of carbonyl (C=O) groups is 4. The molecule has 3 N–H and O–H groups in total. The average molecular weight is 1480 g/mol. The van der Waals surface area contributed by atoms with Crippen molar-refractivity contribution >= 4 is 39.5 Å². The van der Waals surface area contributed by atoms with Crippen LogP contribution in [0, 0.1) is 23.7 Å². The highest BCUT2D eigenvalue weighted by Crippen LogP contribution is 2.45. The topological polar surface area (TPSA) is 237 Å². The first-order valence-corrected chi connectivity index (χ1v) is 45.3. The van der Waals surface area contributed by atoms with Gasteiger partial charge < -0.3 is 33.8 Å². The van der Waals surface area contributed by atoms with E-state index >= 15 is 0 Å². The molecule has 17 nitrogen and oxygen atoms in total. The van der Waals surface area contributed by atoms with Crippen molar-refractivity contribution in [3.63, 3.8) is 0 Å². The molecule has 0 fully saturated rings. The molecule has 0 aliphatic carbocycles.